The van der Waals surface area contributed by atoms with Crippen LogP contribution in [0.15, 0.2) is 47.4 Å². The number of hydrogen-bond donors (Lipinski definition) is 2. The van der Waals surface area contributed by atoms with Gasteiger partial charge in [0, 0.05) is 31.9 Å². The van der Waals surface area contributed by atoms with E-state index in [1.54, 1.807) is 28.8 Å². The van der Waals surface area contributed by atoms with Crippen molar-refractivity contribution in [2.24, 2.45) is 0 Å². The molecule has 7 nitrogen and oxygen atoms in total. The van der Waals surface area contributed by atoms with E-state index in [0.717, 1.165) is 6.07 Å². The molecule has 150 valence electrons. The second-order valence-electron chi connectivity index (χ2n) is 6.55. The van der Waals surface area contributed by atoms with Crippen molar-refractivity contribution < 1.29 is 19.0 Å². The van der Waals surface area contributed by atoms with Gasteiger partial charge in [0.1, 0.15) is 5.82 Å². The number of fused-ring (bicyclic) bond motifs is 1. The van der Waals surface area contributed by atoms with Gasteiger partial charge in [0.25, 0.3) is 0 Å². The topological polar surface area (TPSA) is 83.8 Å². The van der Waals surface area contributed by atoms with Crippen molar-refractivity contribution in [3.63, 3.8) is 0 Å². The fraction of sp³-hybridized carbons (Fsp3) is 0.200. The molecule has 0 radical (unpaired) electrons. The minimum Gasteiger partial charge on any atom is -0.449 e. The molecule has 1 aliphatic heterocycles. The van der Waals surface area contributed by atoms with Crippen molar-refractivity contribution in [2.75, 3.05) is 31.1 Å². The Hall–Kier alpha value is -3.10. The van der Waals surface area contributed by atoms with Crippen molar-refractivity contribution in [1.29, 1.82) is 0 Å². The Morgan fingerprint density at radius 1 is 1.21 bits per heavy atom. The maximum Gasteiger partial charge on any atom is 0.511 e. The number of para-hydroxylation sites is 1. The van der Waals surface area contributed by atoms with E-state index in [4.69, 9.17) is 16.7 Å². The summed E-state index contributed by atoms with van der Waals surface area (Å²) in [4.78, 5) is 25.6. The Labute approximate surface area is 169 Å². The van der Waals surface area contributed by atoms with E-state index in [0.29, 0.717) is 31.9 Å². The van der Waals surface area contributed by atoms with Crippen LogP contribution in [0.1, 0.15) is 0 Å². The van der Waals surface area contributed by atoms with Crippen LogP contribution in [0.5, 0.6) is 5.75 Å². The number of benzene rings is 2. The van der Waals surface area contributed by atoms with Gasteiger partial charge in [-0.05, 0) is 18.2 Å². The van der Waals surface area contributed by atoms with Gasteiger partial charge in [0.05, 0.1) is 27.8 Å². The van der Waals surface area contributed by atoms with Crippen molar-refractivity contribution in [3.8, 4) is 11.4 Å². The molecule has 2 N–H and O–H groups in total. The molecular formula is C20H17ClFN3O4. The van der Waals surface area contributed by atoms with Crippen LogP contribution in [-0.4, -0.2) is 42.0 Å². The number of halogens is 2. The summed E-state index contributed by atoms with van der Waals surface area (Å²) in [5, 5.41) is 12.2. The molecule has 1 aromatic heterocycles. The lowest BCUT2D eigenvalue weighted by Crippen LogP contribution is -2.44. The third-order valence-corrected chi connectivity index (χ3v) is 5.15. The number of ether oxygens (including phenoxy) is 1. The Kier molecular flexibility index (Phi) is 5.12. The van der Waals surface area contributed by atoms with Gasteiger partial charge in [-0.25, -0.2) is 9.18 Å². The van der Waals surface area contributed by atoms with Gasteiger partial charge in [0.2, 0.25) is 5.43 Å². The first-order valence-corrected chi connectivity index (χ1v) is 9.34. The number of carbonyl (C=O) groups is 1. The largest absolute Gasteiger partial charge is 0.511 e. The number of nitrogens with one attached hydrogen (secondary N) is 1. The fourth-order valence-corrected chi connectivity index (χ4v) is 3.92. The van der Waals surface area contributed by atoms with Crippen LogP contribution in [0.25, 0.3) is 16.6 Å². The molecule has 4 rings (SSSR count). The molecule has 1 aliphatic rings. The van der Waals surface area contributed by atoms with Crippen LogP contribution in [-0.2, 0) is 0 Å². The highest BCUT2D eigenvalue weighted by Crippen LogP contribution is 2.37. The first kappa shape index (κ1) is 19.2. The lowest BCUT2D eigenvalue weighted by molar-refractivity contribution is 0.144. The molecule has 29 heavy (non-hydrogen) atoms. The van der Waals surface area contributed by atoms with Crippen LogP contribution in [0.3, 0.4) is 0 Å². The Bertz CT molecular complexity index is 1140. The summed E-state index contributed by atoms with van der Waals surface area (Å²) in [5.74, 6) is -1.08. The van der Waals surface area contributed by atoms with Crippen molar-refractivity contribution in [3.05, 3.63) is 63.7 Å². The highest BCUT2D eigenvalue weighted by atomic mass is 35.5. The molecule has 0 aliphatic carbocycles. The van der Waals surface area contributed by atoms with Gasteiger partial charge >= 0.3 is 6.16 Å². The van der Waals surface area contributed by atoms with Gasteiger partial charge in [-0.3, -0.25) is 4.79 Å². The maximum atomic E-state index is 15.0. The molecule has 0 spiro atoms. The van der Waals surface area contributed by atoms with E-state index >= 15 is 4.39 Å². The third kappa shape index (κ3) is 3.52. The van der Waals surface area contributed by atoms with E-state index in [9.17, 15) is 9.59 Å². The molecule has 1 saturated heterocycles. The molecule has 2 heterocycles. The first-order chi connectivity index (χ1) is 14.0. The summed E-state index contributed by atoms with van der Waals surface area (Å²) < 4.78 is 21.2. The number of rotatable bonds is 3. The molecule has 9 heteroatoms. The highest BCUT2D eigenvalue weighted by molar-refractivity contribution is 6.38. The summed E-state index contributed by atoms with van der Waals surface area (Å²) in [6.45, 7) is 2.51. The Morgan fingerprint density at radius 2 is 1.90 bits per heavy atom. The maximum absolute atomic E-state index is 15.0. The summed E-state index contributed by atoms with van der Waals surface area (Å²) in [5.41, 5.74) is 0.377. The summed E-state index contributed by atoms with van der Waals surface area (Å²) in [6, 6.07) is 10.00. The second-order valence-corrected chi connectivity index (χ2v) is 6.93. The fourth-order valence-electron chi connectivity index (χ4n) is 3.52. The Morgan fingerprint density at radius 3 is 2.55 bits per heavy atom. The number of hydrogen-bond acceptors (Lipinski definition) is 5. The summed E-state index contributed by atoms with van der Waals surface area (Å²) in [6.07, 6.45) is -0.371. The van der Waals surface area contributed by atoms with Crippen molar-refractivity contribution in [2.45, 2.75) is 0 Å². The second kappa shape index (κ2) is 7.73. The van der Waals surface area contributed by atoms with Gasteiger partial charge < -0.3 is 24.6 Å². The number of anilines is 1. The predicted octanol–water partition coefficient (Wildman–Crippen LogP) is 3.25. The van der Waals surface area contributed by atoms with Crippen LogP contribution < -0.4 is 20.4 Å². The van der Waals surface area contributed by atoms with Gasteiger partial charge in [-0.2, -0.15) is 0 Å². The Balaban J connectivity index is 2.05. The molecule has 0 unspecified atom stereocenters. The summed E-state index contributed by atoms with van der Waals surface area (Å²) in [7, 11) is 0. The molecule has 1 fully saturated rings. The molecule has 3 aromatic rings. The molecule has 2 aromatic carbocycles. The van der Waals surface area contributed by atoms with Crippen LogP contribution in [0.4, 0.5) is 14.9 Å². The zero-order valence-electron chi connectivity index (χ0n) is 15.2. The molecular weight excluding hydrogens is 401 g/mol. The average molecular weight is 418 g/mol. The lowest BCUT2D eigenvalue weighted by Gasteiger charge is -2.31. The van der Waals surface area contributed by atoms with Gasteiger partial charge in [0.15, 0.2) is 5.75 Å². The van der Waals surface area contributed by atoms with E-state index in [2.05, 4.69) is 10.1 Å². The molecule has 0 saturated carbocycles. The molecule has 0 atom stereocenters. The zero-order valence-corrected chi connectivity index (χ0v) is 15.9. The number of carboxylic acid groups (broad SMARTS) is 1. The van der Waals surface area contributed by atoms with Crippen molar-refractivity contribution in [1.82, 2.24) is 9.88 Å². The quantitative estimate of drug-likeness (QED) is 0.636. The predicted molar refractivity (Wildman–Crippen MR) is 108 cm³/mol. The van der Waals surface area contributed by atoms with Crippen LogP contribution in [0.2, 0.25) is 5.02 Å². The normalized spacial score (nSPS) is 14.2. The van der Waals surface area contributed by atoms with E-state index in [1.165, 1.54) is 6.20 Å². The smallest absolute Gasteiger partial charge is 0.449 e. The minimum atomic E-state index is -1.63. The van der Waals surface area contributed by atoms with Crippen LogP contribution in [0, 0.1) is 5.82 Å². The first-order valence-electron chi connectivity index (χ1n) is 8.96. The average Bonchev–Trinajstić information content (AvgIpc) is 2.71. The van der Waals surface area contributed by atoms with Crippen molar-refractivity contribution >= 4 is 34.3 Å². The standard InChI is InChI=1S/C20H17ClFN3O4/c21-16-17-13(10-14(22)18(16)24-8-6-23-7-9-24)19(26)15(29-20(27)28)11-25(17)12-4-2-1-3-5-12/h1-5,10-11,23H,6-9H2,(H,27,28). The number of piperazine rings is 1. The number of nitrogens with zero attached hydrogens (tertiary/aromatic N) is 2. The highest BCUT2D eigenvalue weighted by Gasteiger charge is 2.24. The van der Waals surface area contributed by atoms with Gasteiger partial charge in [-0.1, -0.05) is 29.8 Å². The molecule has 0 amide bonds. The van der Waals surface area contributed by atoms with E-state index in [1.807, 2.05) is 11.0 Å². The van der Waals surface area contributed by atoms with Crippen LogP contribution >= 0.6 is 11.6 Å². The number of aromatic nitrogens is 1. The number of pyridine rings is 1. The van der Waals surface area contributed by atoms with Gasteiger partial charge in [-0.15, -0.1) is 0 Å². The molecule has 0 bridgehead atoms. The van der Waals surface area contributed by atoms with E-state index < -0.39 is 23.2 Å². The summed E-state index contributed by atoms with van der Waals surface area (Å²) >= 11 is 6.65. The third-order valence-electron chi connectivity index (χ3n) is 4.79. The monoisotopic (exact) mass is 417 g/mol. The SMILES string of the molecule is O=C(O)Oc1cn(-c2ccccc2)c2c(Cl)c(N3CCNCC3)c(F)cc2c1=O. The van der Waals surface area contributed by atoms with E-state index in [-0.39, 0.29) is 21.6 Å². The zero-order chi connectivity index (χ0) is 20.5. The minimum absolute atomic E-state index is 0.0611. The lowest BCUT2D eigenvalue weighted by atomic mass is 10.1.